The van der Waals surface area contributed by atoms with E-state index in [2.05, 4.69) is 4.74 Å². The van der Waals surface area contributed by atoms with Crippen molar-refractivity contribution in [1.82, 2.24) is 0 Å². The van der Waals surface area contributed by atoms with Gasteiger partial charge in [-0.25, -0.2) is 0 Å². The van der Waals surface area contributed by atoms with Gasteiger partial charge in [-0.3, -0.25) is 9.59 Å². The predicted octanol–water partition coefficient (Wildman–Crippen LogP) is 3.83. The molecule has 0 radical (unpaired) electrons. The van der Waals surface area contributed by atoms with Crippen molar-refractivity contribution in [2.75, 3.05) is 13.7 Å². The van der Waals surface area contributed by atoms with Crippen molar-refractivity contribution in [2.24, 2.45) is 29.1 Å². The number of hydrogen-bond acceptors (Lipinski definition) is 4. The third kappa shape index (κ3) is 3.82. The maximum atomic E-state index is 11.2. The van der Waals surface area contributed by atoms with Gasteiger partial charge in [-0.1, -0.05) is 20.8 Å². The van der Waals surface area contributed by atoms with Crippen molar-refractivity contribution in [2.45, 2.75) is 60.3 Å². The van der Waals surface area contributed by atoms with Gasteiger partial charge in [0.15, 0.2) is 0 Å². The van der Waals surface area contributed by atoms with Crippen molar-refractivity contribution in [1.29, 1.82) is 0 Å². The van der Waals surface area contributed by atoms with Crippen molar-refractivity contribution in [3.05, 3.63) is 0 Å². The Hall–Kier alpha value is -1.06. The Labute approximate surface area is 134 Å². The lowest BCUT2D eigenvalue weighted by molar-refractivity contribution is -0.150. The molecule has 1 heterocycles. The molecule has 2 aliphatic carbocycles. The maximum Gasteiger partial charge on any atom is 0.311 e. The third-order valence-electron chi connectivity index (χ3n) is 5.40. The van der Waals surface area contributed by atoms with Crippen LogP contribution in [0, 0.1) is 29.1 Å². The fraction of sp³-hybridized carbons (Fsp3) is 0.889. The van der Waals surface area contributed by atoms with Crippen LogP contribution in [-0.2, 0) is 19.1 Å². The minimum Gasteiger partial charge on any atom is -0.469 e. The molecule has 3 aliphatic rings. The van der Waals surface area contributed by atoms with Gasteiger partial charge in [0.05, 0.1) is 25.0 Å². The Morgan fingerprint density at radius 3 is 2.32 bits per heavy atom. The number of carbonyl (C=O) groups excluding carboxylic acids is 2. The molecule has 2 bridgehead atoms. The molecule has 4 unspecified atom stereocenters. The Morgan fingerprint density at radius 1 is 1.27 bits per heavy atom. The van der Waals surface area contributed by atoms with Gasteiger partial charge in [-0.05, 0) is 51.4 Å². The van der Waals surface area contributed by atoms with Crippen LogP contribution in [0.3, 0.4) is 0 Å². The lowest BCUT2D eigenvalue weighted by atomic mass is 9.81. The van der Waals surface area contributed by atoms with Gasteiger partial charge in [-0.2, -0.15) is 0 Å². The Balaban J connectivity index is 0.000000203. The maximum absolute atomic E-state index is 11.2. The fourth-order valence-electron chi connectivity index (χ4n) is 3.71. The number of hydrogen-bond donors (Lipinski definition) is 0. The average molecular weight is 312 g/mol. The van der Waals surface area contributed by atoms with E-state index in [1.165, 1.54) is 26.4 Å². The summed E-state index contributed by atoms with van der Waals surface area (Å²) in [6.45, 7) is 10.4. The van der Waals surface area contributed by atoms with E-state index in [4.69, 9.17) is 4.74 Å². The van der Waals surface area contributed by atoms with Gasteiger partial charge >= 0.3 is 11.9 Å². The minimum absolute atomic E-state index is 0.0993. The Morgan fingerprint density at radius 2 is 1.86 bits per heavy atom. The van der Waals surface area contributed by atoms with E-state index in [-0.39, 0.29) is 17.4 Å². The number of carbonyl (C=O) groups is 2. The summed E-state index contributed by atoms with van der Waals surface area (Å²) in [6, 6.07) is 0. The quantitative estimate of drug-likeness (QED) is 0.727. The van der Waals surface area contributed by atoms with E-state index in [1.54, 1.807) is 0 Å². The molecule has 0 amide bonds. The van der Waals surface area contributed by atoms with Gasteiger partial charge in [-0.15, -0.1) is 0 Å². The van der Waals surface area contributed by atoms with Crippen LogP contribution in [0.1, 0.15) is 60.3 Å². The Bertz CT molecular complexity index is 389. The highest BCUT2D eigenvalue weighted by Crippen LogP contribution is 2.54. The van der Waals surface area contributed by atoms with Crippen LogP contribution < -0.4 is 0 Å². The van der Waals surface area contributed by atoms with Crippen molar-refractivity contribution >= 4 is 11.9 Å². The van der Waals surface area contributed by atoms with E-state index in [1.807, 2.05) is 34.6 Å². The molecule has 128 valence electrons. The van der Waals surface area contributed by atoms with Gasteiger partial charge in [0.1, 0.15) is 0 Å². The fourth-order valence-corrected chi connectivity index (χ4v) is 3.71. The van der Waals surface area contributed by atoms with E-state index in [0.29, 0.717) is 17.8 Å². The van der Waals surface area contributed by atoms with Crippen LogP contribution in [-0.4, -0.2) is 25.7 Å². The second kappa shape index (κ2) is 7.98. The molecule has 0 aromatic carbocycles. The number of fused-ring (bicyclic) bond motifs is 5. The molecule has 0 N–H and O–H groups in total. The zero-order valence-corrected chi connectivity index (χ0v) is 15.0. The van der Waals surface area contributed by atoms with Crippen LogP contribution in [0.5, 0.6) is 0 Å². The highest BCUT2D eigenvalue weighted by molar-refractivity contribution is 5.76. The van der Waals surface area contributed by atoms with E-state index in [0.717, 1.165) is 18.9 Å². The van der Waals surface area contributed by atoms with Crippen LogP contribution in [0.4, 0.5) is 0 Å². The molecule has 4 heteroatoms. The number of methoxy groups -OCH3 is 1. The topological polar surface area (TPSA) is 52.6 Å². The monoisotopic (exact) mass is 312 g/mol. The zero-order valence-electron chi connectivity index (χ0n) is 15.0. The molecule has 2 saturated carbocycles. The second-order valence-electron chi connectivity index (χ2n) is 6.88. The second-order valence-corrected chi connectivity index (χ2v) is 6.88. The molecule has 3 fully saturated rings. The van der Waals surface area contributed by atoms with Crippen molar-refractivity contribution in [3.8, 4) is 0 Å². The third-order valence-corrected chi connectivity index (χ3v) is 5.40. The molecular formula is C18H32O4. The van der Waals surface area contributed by atoms with Crippen LogP contribution >= 0.6 is 0 Å². The summed E-state index contributed by atoms with van der Waals surface area (Å²) in [4.78, 5) is 22.1. The highest BCUT2D eigenvalue weighted by atomic mass is 16.5. The lowest BCUT2D eigenvalue weighted by Gasteiger charge is -2.19. The number of rotatable bonds is 2. The summed E-state index contributed by atoms with van der Waals surface area (Å²) >= 11 is 0. The first kappa shape index (κ1) is 19.0. The summed E-state index contributed by atoms with van der Waals surface area (Å²) < 4.78 is 9.63. The summed E-state index contributed by atoms with van der Waals surface area (Å²) in [5.74, 6) is 2.42. The molecule has 4 atom stereocenters. The first-order valence-corrected chi connectivity index (χ1v) is 8.65. The lowest BCUT2D eigenvalue weighted by Crippen LogP contribution is -2.24. The molecule has 0 aromatic heterocycles. The van der Waals surface area contributed by atoms with E-state index in [9.17, 15) is 9.59 Å². The van der Waals surface area contributed by atoms with Gasteiger partial charge in [0.25, 0.3) is 0 Å². The standard InChI is InChI=1S/C9H12O2.C7H14O2.C2H6/c10-9-8-6-2-1-5(3-6)7(8)4-11-9;1-5-7(2,3)6(8)9-4;1-2/h5-8H,1-4H2;5H2,1-4H3;1-2H3. The van der Waals surface area contributed by atoms with Crippen LogP contribution in [0.2, 0.25) is 0 Å². The number of esters is 2. The molecule has 1 aliphatic heterocycles. The van der Waals surface area contributed by atoms with Crippen LogP contribution in [0.25, 0.3) is 0 Å². The summed E-state index contributed by atoms with van der Waals surface area (Å²) in [5.41, 5.74) is -0.311. The summed E-state index contributed by atoms with van der Waals surface area (Å²) in [6.07, 6.45) is 4.76. The predicted molar refractivity (Wildman–Crippen MR) is 86.2 cm³/mol. The first-order chi connectivity index (χ1) is 10.4. The van der Waals surface area contributed by atoms with Crippen molar-refractivity contribution in [3.63, 3.8) is 0 Å². The minimum atomic E-state index is -0.311. The number of ether oxygens (including phenoxy) is 2. The normalized spacial score (nSPS) is 31.3. The van der Waals surface area contributed by atoms with Gasteiger partial charge < -0.3 is 9.47 Å². The van der Waals surface area contributed by atoms with Gasteiger partial charge in [0.2, 0.25) is 0 Å². The Kier molecular flexibility index (Phi) is 6.89. The summed E-state index contributed by atoms with van der Waals surface area (Å²) in [7, 11) is 1.42. The van der Waals surface area contributed by atoms with E-state index >= 15 is 0 Å². The molecule has 3 rings (SSSR count). The largest absolute Gasteiger partial charge is 0.469 e. The van der Waals surface area contributed by atoms with Crippen LogP contribution in [0.15, 0.2) is 0 Å². The molecule has 1 saturated heterocycles. The zero-order chi connectivity index (χ0) is 16.9. The first-order valence-electron chi connectivity index (χ1n) is 8.65. The van der Waals surface area contributed by atoms with Gasteiger partial charge in [0, 0.05) is 5.92 Å². The van der Waals surface area contributed by atoms with Crippen molar-refractivity contribution < 1.29 is 19.1 Å². The smallest absolute Gasteiger partial charge is 0.311 e. The molecular weight excluding hydrogens is 280 g/mol. The SMILES string of the molecule is CC.CCC(C)(C)C(=O)OC.O=C1OCC2C3CCC(C3)C12. The molecule has 4 nitrogen and oxygen atoms in total. The average Bonchev–Trinajstić information content (AvgIpc) is 3.24. The molecule has 0 aromatic rings. The number of cyclic esters (lactones) is 1. The van der Waals surface area contributed by atoms with E-state index < -0.39 is 0 Å². The highest BCUT2D eigenvalue weighted by Gasteiger charge is 2.54. The molecule has 22 heavy (non-hydrogen) atoms. The molecule has 0 spiro atoms. The summed E-state index contributed by atoms with van der Waals surface area (Å²) in [5, 5.41) is 0.